The quantitative estimate of drug-likeness (QED) is 0.802. The Hall–Kier alpha value is -2.57. The molecule has 0 saturated heterocycles. The second-order valence-electron chi connectivity index (χ2n) is 5.74. The first-order valence-electron chi connectivity index (χ1n) is 7.39. The Kier molecular flexibility index (Phi) is 4.42. The molecule has 26 heavy (non-hydrogen) atoms. The van der Waals surface area contributed by atoms with E-state index in [-0.39, 0.29) is 16.3 Å². The van der Waals surface area contributed by atoms with E-state index in [1.165, 1.54) is 6.92 Å². The highest BCUT2D eigenvalue weighted by molar-refractivity contribution is 7.92. The van der Waals surface area contributed by atoms with Crippen molar-refractivity contribution in [2.75, 3.05) is 0 Å². The van der Waals surface area contributed by atoms with Crippen molar-refractivity contribution < 1.29 is 31.4 Å². The molecule has 0 spiro atoms. The normalized spacial score (nSPS) is 20.7. The molecule has 1 heterocycles. The van der Waals surface area contributed by atoms with Crippen molar-refractivity contribution in [3.8, 4) is 11.5 Å². The van der Waals surface area contributed by atoms with Crippen LogP contribution in [0, 0.1) is 12.4 Å². The molecule has 2 aromatic rings. The van der Waals surface area contributed by atoms with Crippen LogP contribution in [0.1, 0.15) is 30.6 Å². The SMILES string of the molecule is [C-]#[N+]c1cc(F)cc(Oc2ccc3c(c2C(F)F)C(O)C(C)S3(=O)=O)c1. The van der Waals surface area contributed by atoms with Crippen LogP contribution in [0.5, 0.6) is 11.5 Å². The first kappa shape index (κ1) is 18.2. The van der Waals surface area contributed by atoms with Gasteiger partial charge in [-0.2, -0.15) is 0 Å². The van der Waals surface area contributed by atoms with Crippen molar-refractivity contribution in [1.82, 2.24) is 0 Å². The Labute approximate surface area is 147 Å². The summed E-state index contributed by atoms with van der Waals surface area (Å²) >= 11 is 0. The van der Waals surface area contributed by atoms with Gasteiger partial charge >= 0.3 is 0 Å². The predicted octanol–water partition coefficient (Wildman–Crippen LogP) is 4.32. The molecular formula is C17H12F3NO4S. The Morgan fingerprint density at radius 3 is 2.58 bits per heavy atom. The standard InChI is InChI=1S/C17H12F3NO4S/c1-8-16(22)15-13(26(8,23)24)4-3-12(14(15)17(19)20)25-11-6-9(18)5-10(7-11)21-2/h3-8,16-17,22H,1H3. The molecule has 0 bridgehead atoms. The summed E-state index contributed by atoms with van der Waals surface area (Å²) < 4.78 is 70.6. The zero-order valence-electron chi connectivity index (χ0n) is 13.3. The van der Waals surface area contributed by atoms with Crippen LogP contribution in [-0.2, 0) is 9.84 Å². The molecule has 2 aromatic carbocycles. The van der Waals surface area contributed by atoms with Crippen LogP contribution in [-0.4, -0.2) is 18.8 Å². The Bertz CT molecular complexity index is 1030. The molecule has 0 saturated carbocycles. The number of ether oxygens (including phenoxy) is 1. The molecule has 2 unspecified atom stereocenters. The van der Waals surface area contributed by atoms with E-state index in [2.05, 4.69) is 4.85 Å². The van der Waals surface area contributed by atoms with Gasteiger partial charge < -0.3 is 9.84 Å². The topological polar surface area (TPSA) is 68.0 Å². The van der Waals surface area contributed by atoms with Crippen molar-refractivity contribution in [2.45, 2.75) is 29.6 Å². The number of rotatable bonds is 3. The van der Waals surface area contributed by atoms with Crippen LogP contribution in [0.25, 0.3) is 4.85 Å². The van der Waals surface area contributed by atoms with Crippen LogP contribution >= 0.6 is 0 Å². The number of aliphatic hydroxyl groups excluding tert-OH is 1. The molecule has 3 rings (SSSR count). The Morgan fingerprint density at radius 1 is 1.27 bits per heavy atom. The number of benzene rings is 2. The van der Waals surface area contributed by atoms with E-state index in [1.54, 1.807) is 0 Å². The number of nitrogens with zero attached hydrogens (tertiary/aromatic N) is 1. The number of alkyl halides is 2. The summed E-state index contributed by atoms with van der Waals surface area (Å²) in [5.74, 6) is -1.39. The van der Waals surface area contributed by atoms with Crippen molar-refractivity contribution in [3.05, 3.63) is 58.7 Å². The van der Waals surface area contributed by atoms with E-state index < -0.39 is 50.3 Å². The molecule has 1 N–H and O–H groups in total. The number of hydrogen-bond donors (Lipinski definition) is 1. The van der Waals surface area contributed by atoms with E-state index in [0.29, 0.717) is 0 Å². The number of fused-ring (bicyclic) bond motifs is 1. The minimum absolute atomic E-state index is 0.0870. The van der Waals surface area contributed by atoms with Gasteiger partial charge in [0.1, 0.15) is 17.3 Å². The van der Waals surface area contributed by atoms with E-state index in [4.69, 9.17) is 11.3 Å². The molecule has 5 nitrogen and oxygen atoms in total. The van der Waals surface area contributed by atoms with Crippen molar-refractivity contribution in [2.24, 2.45) is 0 Å². The highest BCUT2D eigenvalue weighted by Gasteiger charge is 2.45. The summed E-state index contributed by atoms with van der Waals surface area (Å²) in [5, 5.41) is 8.89. The molecule has 2 atom stereocenters. The van der Waals surface area contributed by atoms with Gasteiger partial charge in [0, 0.05) is 11.6 Å². The van der Waals surface area contributed by atoms with Gasteiger partial charge in [0.05, 0.1) is 28.4 Å². The molecular weight excluding hydrogens is 371 g/mol. The number of hydrogen-bond acceptors (Lipinski definition) is 4. The number of aliphatic hydroxyl groups is 1. The molecule has 136 valence electrons. The summed E-state index contributed by atoms with van der Waals surface area (Å²) in [5.41, 5.74) is -1.26. The molecule has 0 amide bonds. The van der Waals surface area contributed by atoms with Crippen LogP contribution in [0.2, 0.25) is 0 Å². The lowest BCUT2D eigenvalue weighted by atomic mass is 10.00. The third kappa shape index (κ3) is 2.81. The third-order valence-electron chi connectivity index (χ3n) is 4.17. The van der Waals surface area contributed by atoms with Crippen molar-refractivity contribution >= 4 is 15.5 Å². The summed E-state index contributed by atoms with van der Waals surface area (Å²) in [4.78, 5) is 2.68. The predicted molar refractivity (Wildman–Crippen MR) is 85.7 cm³/mol. The molecule has 9 heteroatoms. The lowest BCUT2D eigenvalue weighted by Crippen LogP contribution is -2.16. The smallest absolute Gasteiger partial charge is 0.267 e. The fourth-order valence-corrected chi connectivity index (χ4v) is 4.54. The van der Waals surface area contributed by atoms with E-state index >= 15 is 0 Å². The maximum absolute atomic E-state index is 13.7. The zero-order valence-corrected chi connectivity index (χ0v) is 14.1. The Balaban J connectivity index is 2.17. The summed E-state index contributed by atoms with van der Waals surface area (Å²) in [6, 6.07) is 5.13. The summed E-state index contributed by atoms with van der Waals surface area (Å²) in [6.45, 7) is 8.13. The van der Waals surface area contributed by atoms with Gasteiger partial charge in [0.15, 0.2) is 15.5 Å². The van der Waals surface area contributed by atoms with Crippen LogP contribution in [0.3, 0.4) is 0 Å². The molecule has 1 aliphatic heterocycles. The van der Waals surface area contributed by atoms with Gasteiger partial charge in [-0.25, -0.2) is 26.4 Å². The number of halogens is 3. The molecule has 0 fully saturated rings. The molecule has 1 aliphatic rings. The van der Waals surface area contributed by atoms with Crippen LogP contribution < -0.4 is 4.74 Å². The lowest BCUT2D eigenvalue weighted by Gasteiger charge is -2.16. The summed E-state index contributed by atoms with van der Waals surface area (Å²) in [7, 11) is -3.94. The average molecular weight is 383 g/mol. The molecule has 0 aromatic heterocycles. The zero-order chi connectivity index (χ0) is 19.2. The maximum Gasteiger partial charge on any atom is 0.267 e. The van der Waals surface area contributed by atoms with Gasteiger partial charge in [0.25, 0.3) is 6.43 Å². The third-order valence-corrected chi connectivity index (χ3v) is 6.38. The van der Waals surface area contributed by atoms with Crippen molar-refractivity contribution in [3.63, 3.8) is 0 Å². The highest BCUT2D eigenvalue weighted by atomic mass is 32.2. The highest BCUT2D eigenvalue weighted by Crippen LogP contribution is 2.47. The van der Waals surface area contributed by atoms with Gasteiger partial charge in [-0.3, -0.25) is 0 Å². The van der Waals surface area contributed by atoms with Gasteiger partial charge in [-0.05, 0) is 31.2 Å². The second kappa shape index (κ2) is 6.30. The lowest BCUT2D eigenvalue weighted by molar-refractivity contribution is 0.133. The first-order valence-corrected chi connectivity index (χ1v) is 8.94. The van der Waals surface area contributed by atoms with Gasteiger partial charge in [0.2, 0.25) is 0 Å². The van der Waals surface area contributed by atoms with Gasteiger partial charge in [-0.15, -0.1) is 0 Å². The minimum atomic E-state index is -3.94. The van der Waals surface area contributed by atoms with Crippen LogP contribution in [0.4, 0.5) is 18.9 Å². The summed E-state index contributed by atoms with van der Waals surface area (Å²) in [6.07, 6.45) is -4.77. The van der Waals surface area contributed by atoms with Gasteiger partial charge in [-0.1, -0.05) is 0 Å². The van der Waals surface area contributed by atoms with E-state index in [1.807, 2.05) is 0 Å². The minimum Gasteiger partial charge on any atom is -0.458 e. The van der Waals surface area contributed by atoms with E-state index in [9.17, 15) is 26.7 Å². The Morgan fingerprint density at radius 2 is 1.96 bits per heavy atom. The molecule has 0 aliphatic carbocycles. The largest absolute Gasteiger partial charge is 0.458 e. The molecule has 0 radical (unpaired) electrons. The van der Waals surface area contributed by atoms with E-state index in [0.717, 1.165) is 30.3 Å². The fourth-order valence-electron chi connectivity index (χ4n) is 2.87. The van der Waals surface area contributed by atoms with Crippen molar-refractivity contribution in [1.29, 1.82) is 0 Å². The second-order valence-corrected chi connectivity index (χ2v) is 8.02. The number of sulfone groups is 1. The first-order chi connectivity index (χ1) is 12.2. The maximum atomic E-state index is 13.7. The average Bonchev–Trinajstić information content (AvgIpc) is 2.74. The van der Waals surface area contributed by atoms with Crippen LogP contribution in [0.15, 0.2) is 35.2 Å². The fraction of sp³-hybridized carbons (Fsp3) is 0.235. The monoisotopic (exact) mass is 383 g/mol.